The van der Waals surface area contributed by atoms with E-state index in [4.69, 9.17) is 0 Å². The van der Waals surface area contributed by atoms with Crippen LogP contribution in [-0.2, 0) is 0 Å². The maximum atomic E-state index is 2.36. The van der Waals surface area contributed by atoms with Crippen molar-refractivity contribution in [1.29, 1.82) is 0 Å². The predicted molar refractivity (Wildman–Crippen MR) is 158 cm³/mol. The molecule has 6 rings (SSSR count). The van der Waals surface area contributed by atoms with Crippen LogP contribution in [0.4, 0.5) is 0 Å². The van der Waals surface area contributed by atoms with Gasteiger partial charge in [-0.2, -0.15) is 0 Å². The maximum absolute atomic E-state index is 2.36. The average Bonchev–Trinajstić information content (AvgIpc) is 2.93. The molecular weight excluding hydrogens is 535 g/mol. The molecule has 0 atom stereocenters. The highest BCUT2D eigenvalue weighted by atomic mass is 127. The van der Waals surface area contributed by atoms with Gasteiger partial charge in [0.15, 0.2) is 0 Å². The van der Waals surface area contributed by atoms with E-state index >= 15 is 0 Å². The molecule has 6 aromatic carbocycles. The van der Waals surface area contributed by atoms with Crippen molar-refractivity contribution >= 4 is 33.4 Å². The third-order valence-corrected chi connectivity index (χ3v) is 7.24. The normalized spacial score (nSPS) is 11.0. The minimum absolute atomic E-state index is 1.22. The molecular formula is C34H23I. The molecule has 0 aliphatic rings. The largest absolute Gasteiger partial charge is 0.0622 e. The molecule has 0 unspecified atom stereocenters. The summed E-state index contributed by atoms with van der Waals surface area (Å²) in [6.07, 6.45) is 0. The molecule has 0 aromatic heterocycles. The molecule has 6 aromatic rings. The molecule has 0 saturated heterocycles. The van der Waals surface area contributed by atoms with Crippen molar-refractivity contribution in [3.05, 3.63) is 143 Å². The Morgan fingerprint density at radius 3 is 1.34 bits per heavy atom. The number of halogens is 1. The molecule has 0 spiro atoms. The standard InChI is InChI=1S/C34H23I/c35-34-18-16-28(17-19-34)32-21-31(27-12-10-26(11-13-27)24-6-2-1-3-7-24)22-33(23-32)30-15-14-25-8-4-5-9-29(25)20-30/h1-23H. The van der Waals surface area contributed by atoms with Crippen molar-refractivity contribution in [2.45, 2.75) is 0 Å². The molecule has 0 heterocycles. The number of rotatable bonds is 4. The maximum Gasteiger partial charge on any atom is 0.0130 e. The summed E-state index contributed by atoms with van der Waals surface area (Å²) < 4.78 is 1.24. The quantitative estimate of drug-likeness (QED) is 0.189. The molecule has 0 bridgehead atoms. The van der Waals surface area contributed by atoms with Crippen molar-refractivity contribution in [3.63, 3.8) is 0 Å². The van der Waals surface area contributed by atoms with Gasteiger partial charge in [-0.1, -0.05) is 103 Å². The Hall–Kier alpha value is -3.69. The first-order chi connectivity index (χ1) is 17.2. The van der Waals surface area contributed by atoms with Gasteiger partial charge in [-0.05, 0) is 114 Å². The second kappa shape index (κ2) is 9.52. The van der Waals surface area contributed by atoms with Crippen LogP contribution < -0.4 is 0 Å². The number of benzene rings is 6. The molecule has 1 heteroatoms. The van der Waals surface area contributed by atoms with E-state index in [9.17, 15) is 0 Å². The average molecular weight is 558 g/mol. The molecule has 0 aliphatic heterocycles. The SMILES string of the molecule is Ic1ccc(-c2cc(-c3ccc(-c4ccccc4)cc3)cc(-c3ccc4ccccc4c3)c2)cc1. The highest BCUT2D eigenvalue weighted by molar-refractivity contribution is 14.1. The van der Waals surface area contributed by atoms with Crippen molar-refractivity contribution in [2.75, 3.05) is 0 Å². The predicted octanol–water partition coefficient (Wildman–Crippen LogP) is 10.1. The van der Waals surface area contributed by atoms with E-state index < -0.39 is 0 Å². The first kappa shape index (κ1) is 21.8. The summed E-state index contributed by atoms with van der Waals surface area (Å²) in [4.78, 5) is 0. The highest BCUT2D eigenvalue weighted by Gasteiger charge is 2.09. The van der Waals surface area contributed by atoms with Crippen LogP contribution in [0.1, 0.15) is 0 Å². The van der Waals surface area contributed by atoms with E-state index in [1.165, 1.54) is 58.9 Å². The zero-order valence-electron chi connectivity index (χ0n) is 19.2. The van der Waals surface area contributed by atoms with Crippen LogP contribution in [-0.4, -0.2) is 0 Å². The van der Waals surface area contributed by atoms with Gasteiger partial charge in [0, 0.05) is 3.57 Å². The minimum Gasteiger partial charge on any atom is -0.0622 e. The van der Waals surface area contributed by atoms with E-state index in [2.05, 4.69) is 162 Å². The van der Waals surface area contributed by atoms with E-state index in [1.54, 1.807) is 0 Å². The number of fused-ring (bicyclic) bond motifs is 1. The third-order valence-electron chi connectivity index (χ3n) is 6.52. The third kappa shape index (κ3) is 4.65. The Morgan fingerprint density at radius 2 is 0.714 bits per heavy atom. The minimum atomic E-state index is 1.22. The van der Waals surface area contributed by atoms with Gasteiger partial charge >= 0.3 is 0 Å². The van der Waals surface area contributed by atoms with Crippen LogP contribution in [0.3, 0.4) is 0 Å². The second-order valence-corrected chi connectivity index (χ2v) is 10.1. The van der Waals surface area contributed by atoms with Gasteiger partial charge in [0.25, 0.3) is 0 Å². The van der Waals surface area contributed by atoms with Crippen molar-refractivity contribution in [3.8, 4) is 44.5 Å². The Bertz CT molecular complexity index is 1610. The van der Waals surface area contributed by atoms with Crippen molar-refractivity contribution < 1.29 is 0 Å². The van der Waals surface area contributed by atoms with E-state index in [-0.39, 0.29) is 0 Å². The molecule has 0 amide bonds. The van der Waals surface area contributed by atoms with Gasteiger partial charge in [0.2, 0.25) is 0 Å². The monoisotopic (exact) mass is 558 g/mol. The lowest BCUT2D eigenvalue weighted by molar-refractivity contribution is 1.55. The van der Waals surface area contributed by atoms with Crippen LogP contribution in [0.25, 0.3) is 55.3 Å². The van der Waals surface area contributed by atoms with Crippen LogP contribution in [0.5, 0.6) is 0 Å². The van der Waals surface area contributed by atoms with Crippen LogP contribution in [0.15, 0.2) is 140 Å². The number of hydrogen-bond acceptors (Lipinski definition) is 0. The molecule has 0 aliphatic carbocycles. The van der Waals surface area contributed by atoms with Crippen molar-refractivity contribution in [2.24, 2.45) is 0 Å². The molecule has 0 radical (unpaired) electrons. The van der Waals surface area contributed by atoms with Gasteiger partial charge < -0.3 is 0 Å². The smallest absolute Gasteiger partial charge is 0.0130 e. The molecule has 0 nitrogen and oxygen atoms in total. The summed E-state index contributed by atoms with van der Waals surface area (Å²) in [6, 6.07) is 50.5. The molecule has 166 valence electrons. The lowest BCUT2D eigenvalue weighted by Gasteiger charge is -2.13. The first-order valence-electron chi connectivity index (χ1n) is 11.8. The molecule has 0 saturated carbocycles. The van der Waals surface area contributed by atoms with E-state index in [1.807, 2.05) is 0 Å². The summed E-state index contributed by atoms with van der Waals surface area (Å²) in [5, 5.41) is 2.53. The Kier molecular flexibility index (Phi) is 5.93. The lowest BCUT2D eigenvalue weighted by atomic mass is 9.92. The number of hydrogen-bond donors (Lipinski definition) is 0. The molecule has 0 N–H and O–H groups in total. The highest BCUT2D eigenvalue weighted by Crippen LogP contribution is 2.35. The van der Waals surface area contributed by atoms with Crippen LogP contribution in [0.2, 0.25) is 0 Å². The molecule has 35 heavy (non-hydrogen) atoms. The Balaban J connectivity index is 1.48. The van der Waals surface area contributed by atoms with Gasteiger partial charge in [-0.25, -0.2) is 0 Å². The van der Waals surface area contributed by atoms with Gasteiger partial charge in [-0.15, -0.1) is 0 Å². The lowest BCUT2D eigenvalue weighted by Crippen LogP contribution is -1.87. The van der Waals surface area contributed by atoms with Crippen LogP contribution >= 0.6 is 22.6 Å². The first-order valence-corrected chi connectivity index (χ1v) is 12.9. The fourth-order valence-electron chi connectivity index (χ4n) is 4.62. The summed E-state index contributed by atoms with van der Waals surface area (Å²) in [5.74, 6) is 0. The summed E-state index contributed by atoms with van der Waals surface area (Å²) >= 11 is 2.36. The second-order valence-electron chi connectivity index (χ2n) is 8.81. The summed E-state index contributed by atoms with van der Waals surface area (Å²) in [6.45, 7) is 0. The zero-order chi connectivity index (χ0) is 23.6. The van der Waals surface area contributed by atoms with Gasteiger partial charge in [-0.3, -0.25) is 0 Å². The Labute approximate surface area is 220 Å². The van der Waals surface area contributed by atoms with Crippen molar-refractivity contribution in [1.82, 2.24) is 0 Å². The van der Waals surface area contributed by atoms with Gasteiger partial charge in [0.05, 0.1) is 0 Å². The van der Waals surface area contributed by atoms with E-state index in [0.717, 1.165) is 0 Å². The van der Waals surface area contributed by atoms with Crippen LogP contribution in [0, 0.1) is 3.57 Å². The topological polar surface area (TPSA) is 0 Å². The fourth-order valence-corrected chi connectivity index (χ4v) is 4.98. The summed E-state index contributed by atoms with van der Waals surface area (Å²) in [5.41, 5.74) is 9.85. The Morgan fingerprint density at radius 1 is 0.286 bits per heavy atom. The molecule has 0 fully saturated rings. The zero-order valence-corrected chi connectivity index (χ0v) is 21.3. The van der Waals surface area contributed by atoms with E-state index in [0.29, 0.717) is 0 Å². The van der Waals surface area contributed by atoms with Gasteiger partial charge in [0.1, 0.15) is 0 Å². The fraction of sp³-hybridized carbons (Fsp3) is 0. The summed E-state index contributed by atoms with van der Waals surface area (Å²) in [7, 11) is 0.